The zero-order valence-electron chi connectivity index (χ0n) is 12.3. The van der Waals surface area contributed by atoms with Crippen LogP contribution in [0.15, 0.2) is 17.9 Å². The van der Waals surface area contributed by atoms with Crippen LogP contribution in [0.5, 0.6) is 0 Å². The first kappa shape index (κ1) is 18.3. The maximum absolute atomic E-state index is 11.6. The lowest BCUT2D eigenvalue weighted by Crippen LogP contribution is -2.31. The first-order valence-corrected chi connectivity index (χ1v) is 10.4. The van der Waals surface area contributed by atoms with Crippen LogP contribution in [-0.2, 0) is 9.59 Å². The predicted molar refractivity (Wildman–Crippen MR) is 106 cm³/mol. The van der Waals surface area contributed by atoms with Crippen molar-refractivity contribution < 1.29 is 9.59 Å². The summed E-state index contributed by atoms with van der Waals surface area (Å²) in [5.74, 6) is 0.480. The Bertz CT molecular complexity index is 775. The number of aromatic nitrogens is 2. The van der Waals surface area contributed by atoms with Crippen LogP contribution in [0.4, 0.5) is 5.95 Å². The van der Waals surface area contributed by atoms with E-state index in [1.54, 1.807) is 0 Å². The van der Waals surface area contributed by atoms with E-state index >= 15 is 0 Å². The Morgan fingerprint density at radius 1 is 1.00 bits per heavy atom. The summed E-state index contributed by atoms with van der Waals surface area (Å²) in [7, 11) is 0. The minimum Gasteiger partial charge on any atom is -0.356 e. The Labute approximate surface area is 171 Å². The number of carbonyl (C=O) groups excluding carboxylic acids is 2. The van der Waals surface area contributed by atoms with Gasteiger partial charge in [0.1, 0.15) is 5.52 Å². The van der Waals surface area contributed by atoms with Crippen LogP contribution in [-0.4, -0.2) is 39.8 Å². The van der Waals surface area contributed by atoms with Gasteiger partial charge in [-0.3, -0.25) is 14.5 Å². The topological polar surface area (TPSA) is 78.1 Å². The number of fused-ring (bicyclic) bond motifs is 1. The number of anilines is 1. The highest BCUT2D eigenvalue weighted by molar-refractivity contribution is 9.15. The molecule has 10 heteroatoms. The van der Waals surface area contributed by atoms with Gasteiger partial charge in [-0.15, -0.1) is 0 Å². The quantitative estimate of drug-likeness (QED) is 0.233. The van der Waals surface area contributed by atoms with Crippen molar-refractivity contribution >= 4 is 92.5 Å². The normalized spacial score (nSPS) is 14.9. The van der Waals surface area contributed by atoms with Gasteiger partial charge in [-0.2, -0.15) is 0 Å². The van der Waals surface area contributed by atoms with Crippen molar-refractivity contribution in [2.75, 3.05) is 18.4 Å². The highest BCUT2D eigenvalue weighted by atomic mass is 79.9. The first-order chi connectivity index (χ1) is 11.4. The number of hydrogen-bond donors (Lipinski definition) is 2. The fraction of sp³-hybridized carbons (Fsp3) is 0.357. The van der Waals surface area contributed by atoms with Gasteiger partial charge >= 0.3 is 0 Å². The van der Waals surface area contributed by atoms with Gasteiger partial charge in [0.05, 0.1) is 14.5 Å². The number of benzene rings is 1. The number of halogens is 4. The maximum Gasteiger partial charge on any atom is 0.229 e. The number of H-pyrrole nitrogens is 1. The van der Waals surface area contributed by atoms with Crippen molar-refractivity contribution in [3.63, 3.8) is 0 Å². The lowest BCUT2D eigenvalue weighted by atomic mass is 10.3. The molecule has 0 aliphatic carbocycles. The SMILES string of the molecule is O=C1CCC(=O)N1CCCNc1nc2c(Br)c(Br)c(Br)c(Br)c2[nH]1. The second-order valence-electron chi connectivity index (χ2n) is 5.28. The van der Waals surface area contributed by atoms with E-state index in [0.717, 1.165) is 28.9 Å². The largest absolute Gasteiger partial charge is 0.356 e. The molecule has 0 radical (unpaired) electrons. The third kappa shape index (κ3) is 3.42. The van der Waals surface area contributed by atoms with Crippen molar-refractivity contribution in [3.05, 3.63) is 17.9 Å². The molecule has 0 spiro atoms. The third-order valence-corrected chi connectivity index (χ3v) is 8.46. The van der Waals surface area contributed by atoms with E-state index in [1.165, 1.54) is 4.90 Å². The Morgan fingerprint density at radius 3 is 2.29 bits per heavy atom. The number of likely N-dealkylation sites (tertiary alicyclic amines) is 1. The van der Waals surface area contributed by atoms with Gasteiger partial charge in [-0.05, 0) is 70.1 Å². The standard InChI is InChI=1S/C14H12Br4N4O2/c15-8-9(16)11(18)13-12(10(8)17)20-14(21-13)19-4-1-5-22-6(23)2-3-7(22)24/h1-5H2,(H2,19,20,21). The van der Waals surface area contributed by atoms with Crippen LogP contribution >= 0.6 is 63.7 Å². The first-order valence-electron chi connectivity index (χ1n) is 7.19. The molecule has 24 heavy (non-hydrogen) atoms. The average molecular weight is 588 g/mol. The molecule has 1 aliphatic heterocycles. The number of hydrogen-bond acceptors (Lipinski definition) is 4. The van der Waals surface area contributed by atoms with Gasteiger partial charge in [0.25, 0.3) is 0 Å². The van der Waals surface area contributed by atoms with E-state index in [1.807, 2.05) is 0 Å². The second-order valence-corrected chi connectivity index (χ2v) is 8.46. The lowest BCUT2D eigenvalue weighted by molar-refractivity contribution is -0.138. The molecule has 6 nitrogen and oxygen atoms in total. The molecule has 1 aromatic heterocycles. The number of aromatic amines is 1. The molecule has 0 bridgehead atoms. The van der Waals surface area contributed by atoms with Crippen molar-refractivity contribution in [3.8, 4) is 0 Å². The van der Waals surface area contributed by atoms with E-state index in [-0.39, 0.29) is 11.8 Å². The fourth-order valence-electron chi connectivity index (χ4n) is 2.50. The van der Waals surface area contributed by atoms with Gasteiger partial charge in [-0.25, -0.2) is 4.98 Å². The number of carbonyl (C=O) groups is 2. The van der Waals surface area contributed by atoms with Crippen LogP contribution in [0, 0.1) is 0 Å². The molecule has 0 atom stereocenters. The minimum absolute atomic E-state index is 0.0775. The van der Waals surface area contributed by atoms with Gasteiger partial charge in [-0.1, -0.05) is 0 Å². The zero-order valence-corrected chi connectivity index (χ0v) is 18.6. The molecule has 2 aromatic rings. The molecule has 0 saturated carbocycles. The summed E-state index contributed by atoms with van der Waals surface area (Å²) in [6, 6.07) is 0. The predicted octanol–water partition coefficient (Wildman–Crippen LogP) is 4.56. The summed E-state index contributed by atoms with van der Waals surface area (Å²) in [6.07, 6.45) is 1.34. The Morgan fingerprint density at radius 2 is 1.62 bits per heavy atom. The number of amides is 2. The molecular formula is C14H12Br4N4O2. The van der Waals surface area contributed by atoms with Crippen LogP contribution in [0.2, 0.25) is 0 Å². The fourth-order valence-corrected chi connectivity index (χ4v) is 4.78. The van der Waals surface area contributed by atoms with Crippen LogP contribution < -0.4 is 5.32 Å². The molecule has 2 amide bonds. The highest BCUT2D eigenvalue weighted by Crippen LogP contribution is 2.42. The Kier molecular flexibility index (Phi) is 5.68. The summed E-state index contributed by atoms with van der Waals surface area (Å²) in [5.41, 5.74) is 1.66. The summed E-state index contributed by atoms with van der Waals surface area (Å²) < 4.78 is 3.50. The molecule has 128 valence electrons. The molecule has 1 fully saturated rings. The number of imide groups is 1. The molecular weight excluding hydrogens is 576 g/mol. The van der Waals surface area contributed by atoms with Crippen molar-refractivity contribution in [2.24, 2.45) is 0 Å². The molecule has 3 rings (SSSR count). The monoisotopic (exact) mass is 584 g/mol. The number of nitrogens with zero attached hydrogens (tertiary/aromatic N) is 2. The zero-order chi connectivity index (χ0) is 17.4. The summed E-state index contributed by atoms with van der Waals surface area (Å²) in [6.45, 7) is 1.05. The second kappa shape index (κ2) is 7.43. The van der Waals surface area contributed by atoms with Crippen LogP contribution in [0.1, 0.15) is 19.3 Å². The highest BCUT2D eigenvalue weighted by Gasteiger charge is 2.27. The number of nitrogens with one attached hydrogen (secondary N) is 2. The van der Waals surface area contributed by atoms with Crippen molar-refractivity contribution in [1.82, 2.24) is 14.9 Å². The molecule has 1 saturated heterocycles. The van der Waals surface area contributed by atoms with Crippen LogP contribution in [0.25, 0.3) is 11.0 Å². The van der Waals surface area contributed by atoms with Crippen molar-refractivity contribution in [2.45, 2.75) is 19.3 Å². The van der Waals surface area contributed by atoms with Gasteiger partial charge in [0.15, 0.2) is 0 Å². The summed E-state index contributed by atoms with van der Waals surface area (Å²) in [4.78, 5) is 32.2. The van der Waals surface area contributed by atoms with E-state index < -0.39 is 0 Å². The Hall–Kier alpha value is -0.450. The summed E-state index contributed by atoms with van der Waals surface area (Å²) >= 11 is 14.1. The van der Waals surface area contributed by atoms with E-state index in [2.05, 4.69) is 79.0 Å². The average Bonchev–Trinajstić information content (AvgIpc) is 3.12. The molecule has 2 heterocycles. The number of imidazole rings is 1. The Balaban J connectivity index is 1.66. The molecule has 1 aromatic carbocycles. The number of rotatable bonds is 5. The lowest BCUT2D eigenvalue weighted by Gasteiger charge is -2.13. The van der Waals surface area contributed by atoms with E-state index in [9.17, 15) is 9.59 Å². The van der Waals surface area contributed by atoms with Gasteiger partial charge in [0.2, 0.25) is 17.8 Å². The van der Waals surface area contributed by atoms with Gasteiger partial charge < -0.3 is 10.3 Å². The van der Waals surface area contributed by atoms with Gasteiger partial charge in [0, 0.05) is 34.9 Å². The smallest absolute Gasteiger partial charge is 0.229 e. The molecule has 0 unspecified atom stereocenters. The van der Waals surface area contributed by atoms with Crippen molar-refractivity contribution in [1.29, 1.82) is 0 Å². The van der Waals surface area contributed by atoms with E-state index in [4.69, 9.17) is 0 Å². The minimum atomic E-state index is -0.0775. The molecule has 1 aliphatic rings. The molecule has 2 N–H and O–H groups in total. The summed E-state index contributed by atoms with van der Waals surface area (Å²) in [5, 5.41) is 3.19. The maximum atomic E-state index is 11.6. The van der Waals surface area contributed by atoms with Crippen LogP contribution in [0.3, 0.4) is 0 Å². The third-order valence-electron chi connectivity index (χ3n) is 3.72. The van der Waals surface area contributed by atoms with E-state index in [0.29, 0.717) is 38.3 Å².